The van der Waals surface area contributed by atoms with E-state index < -0.39 is 0 Å². The summed E-state index contributed by atoms with van der Waals surface area (Å²) in [6.45, 7) is 8.02. The number of likely N-dealkylation sites (tertiary alicyclic amines) is 1. The van der Waals surface area contributed by atoms with Crippen molar-refractivity contribution in [2.24, 2.45) is 11.7 Å². The molecule has 0 bridgehead atoms. The molecule has 0 aliphatic carbocycles. The second-order valence-corrected chi connectivity index (χ2v) is 4.19. The van der Waals surface area contributed by atoms with E-state index in [1.54, 1.807) is 0 Å². The molecule has 2 N–H and O–H groups in total. The molecule has 0 saturated carbocycles. The normalized spacial score (nSPS) is 21.2. The van der Waals surface area contributed by atoms with Crippen LogP contribution < -0.4 is 5.73 Å². The van der Waals surface area contributed by atoms with Crippen molar-refractivity contribution in [2.45, 2.75) is 45.6 Å². The molecule has 1 rings (SSSR count). The summed E-state index contributed by atoms with van der Waals surface area (Å²) in [4.78, 5) is 2.64. The van der Waals surface area contributed by atoms with Gasteiger partial charge in [0, 0.05) is 6.04 Å². The molecule has 2 heteroatoms. The number of hydrogen-bond acceptors (Lipinski definition) is 2. The van der Waals surface area contributed by atoms with E-state index in [1.165, 1.54) is 38.8 Å². The van der Waals surface area contributed by atoms with Crippen LogP contribution in [0.25, 0.3) is 0 Å². The third-order valence-corrected chi connectivity index (χ3v) is 3.44. The molecule has 0 unspecified atom stereocenters. The minimum Gasteiger partial charge on any atom is -0.330 e. The van der Waals surface area contributed by atoms with Crippen molar-refractivity contribution >= 4 is 0 Å². The summed E-state index contributed by atoms with van der Waals surface area (Å²) in [6, 6.07) is 0.818. The molecule has 13 heavy (non-hydrogen) atoms. The number of piperidine rings is 1. The van der Waals surface area contributed by atoms with Gasteiger partial charge in [-0.05, 0) is 51.2 Å². The largest absolute Gasteiger partial charge is 0.330 e. The summed E-state index contributed by atoms with van der Waals surface area (Å²) < 4.78 is 0. The maximum Gasteiger partial charge on any atom is 0.00900 e. The fourth-order valence-electron chi connectivity index (χ4n) is 2.36. The van der Waals surface area contributed by atoms with E-state index in [1.807, 2.05) is 0 Å². The van der Waals surface area contributed by atoms with Crippen molar-refractivity contribution in [1.29, 1.82) is 0 Å². The van der Waals surface area contributed by atoms with Gasteiger partial charge in [0.25, 0.3) is 0 Å². The summed E-state index contributed by atoms with van der Waals surface area (Å²) in [5, 5.41) is 0. The molecule has 1 aliphatic heterocycles. The smallest absolute Gasteiger partial charge is 0.00900 e. The summed E-state index contributed by atoms with van der Waals surface area (Å²) in [5.74, 6) is 0.797. The highest BCUT2D eigenvalue weighted by Crippen LogP contribution is 2.20. The van der Waals surface area contributed by atoms with E-state index >= 15 is 0 Å². The summed E-state index contributed by atoms with van der Waals surface area (Å²) >= 11 is 0. The van der Waals surface area contributed by atoms with Gasteiger partial charge < -0.3 is 10.6 Å². The van der Waals surface area contributed by atoms with Crippen molar-refractivity contribution in [3.8, 4) is 0 Å². The van der Waals surface area contributed by atoms with Gasteiger partial charge in [-0.1, -0.05) is 13.8 Å². The van der Waals surface area contributed by atoms with Crippen molar-refractivity contribution < 1.29 is 0 Å². The van der Waals surface area contributed by atoms with Crippen LogP contribution in [0, 0.1) is 5.92 Å². The average Bonchev–Trinajstić information content (AvgIpc) is 2.21. The Morgan fingerprint density at radius 3 is 2.15 bits per heavy atom. The van der Waals surface area contributed by atoms with E-state index in [4.69, 9.17) is 5.73 Å². The molecular formula is C11H24N2. The monoisotopic (exact) mass is 184 g/mol. The average molecular weight is 184 g/mol. The Balaban J connectivity index is 2.30. The van der Waals surface area contributed by atoms with E-state index in [-0.39, 0.29) is 0 Å². The molecular weight excluding hydrogens is 160 g/mol. The van der Waals surface area contributed by atoms with Gasteiger partial charge >= 0.3 is 0 Å². The van der Waals surface area contributed by atoms with Crippen LogP contribution in [0.5, 0.6) is 0 Å². The lowest BCUT2D eigenvalue weighted by atomic mass is 9.95. The Labute approximate surface area is 82.5 Å². The highest BCUT2D eigenvalue weighted by Gasteiger charge is 2.21. The third kappa shape index (κ3) is 2.96. The topological polar surface area (TPSA) is 29.3 Å². The van der Waals surface area contributed by atoms with Gasteiger partial charge in [0.05, 0.1) is 0 Å². The van der Waals surface area contributed by atoms with E-state index in [0.29, 0.717) is 0 Å². The number of rotatable bonds is 4. The fourth-order valence-corrected chi connectivity index (χ4v) is 2.36. The van der Waals surface area contributed by atoms with Crippen LogP contribution in [0.2, 0.25) is 0 Å². The second kappa shape index (κ2) is 5.61. The minimum atomic E-state index is 0.797. The van der Waals surface area contributed by atoms with Gasteiger partial charge in [0.2, 0.25) is 0 Å². The first-order chi connectivity index (χ1) is 6.31. The Morgan fingerprint density at radius 2 is 1.77 bits per heavy atom. The lowest BCUT2D eigenvalue weighted by Crippen LogP contribution is -2.42. The molecule has 0 amide bonds. The van der Waals surface area contributed by atoms with Crippen LogP contribution in [-0.4, -0.2) is 30.6 Å². The van der Waals surface area contributed by atoms with Gasteiger partial charge in [-0.25, -0.2) is 0 Å². The van der Waals surface area contributed by atoms with Gasteiger partial charge in [-0.15, -0.1) is 0 Å². The predicted octanol–water partition coefficient (Wildman–Crippen LogP) is 1.85. The highest BCUT2D eigenvalue weighted by atomic mass is 15.2. The van der Waals surface area contributed by atoms with Gasteiger partial charge in [-0.2, -0.15) is 0 Å². The number of hydrogen-bond donors (Lipinski definition) is 1. The first-order valence-corrected chi connectivity index (χ1v) is 5.75. The van der Waals surface area contributed by atoms with Crippen LogP contribution in [-0.2, 0) is 0 Å². The first-order valence-electron chi connectivity index (χ1n) is 5.75. The first kappa shape index (κ1) is 11.0. The second-order valence-electron chi connectivity index (χ2n) is 4.19. The van der Waals surface area contributed by atoms with E-state index in [9.17, 15) is 0 Å². The van der Waals surface area contributed by atoms with Crippen LogP contribution in [0.1, 0.15) is 39.5 Å². The highest BCUT2D eigenvalue weighted by molar-refractivity contribution is 4.77. The molecule has 0 aromatic heterocycles. The van der Waals surface area contributed by atoms with Crippen LogP contribution >= 0.6 is 0 Å². The summed E-state index contributed by atoms with van der Waals surface area (Å²) in [5.41, 5.74) is 5.67. The summed E-state index contributed by atoms with van der Waals surface area (Å²) in [7, 11) is 0. The summed E-state index contributed by atoms with van der Waals surface area (Å²) in [6.07, 6.45) is 5.22. The molecule has 78 valence electrons. The van der Waals surface area contributed by atoms with Gasteiger partial charge in [-0.3, -0.25) is 0 Å². The maximum atomic E-state index is 5.67. The number of nitrogens with two attached hydrogens (primary N) is 1. The zero-order chi connectivity index (χ0) is 9.68. The fraction of sp³-hybridized carbons (Fsp3) is 1.00. The van der Waals surface area contributed by atoms with Crippen molar-refractivity contribution in [3.05, 3.63) is 0 Å². The van der Waals surface area contributed by atoms with Crippen molar-refractivity contribution in [1.82, 2.24) is 4.90 Å². The number of nitrogens with zero attached hydrogens (tertiary/aromatic N) is 1. The van der Waals surface area contributed by atoms with Crippen molar-refractivity contribution in [2.75, 3.05) is 19.6 Å². The molecule has 1 aliphatic rings. The zero-order valence-electron chi connectivity index (χ0n) is 9.13. The molecule has 2 nitrogen and oxygen atoms in total. The SMILES string of the molecule is CCC(CC)N1CCC(CN)CC1. The quantitative estimate of drug-likeness (QED) is 0.722. The Hall–Kier alpha value is -0.0800. The van der Waals surface area contributed by atoms with E-state index in [2.05, 4.69) is 18.7 Å². The molecule has 0 aromatic carbocycles. The molecule has 1 saturated heterocycles. The molecule has 0 atom stereocenters. The lowest BCUT2D eigenvalue weighted by Gasteiger charge is -2.36. The standard InChI is InChI=1S/C11H24N2/c1-3-11(4-2)13-7-5-10(9-12)6-8-13/h10-11H,3-9,12H2,1-2H3. The predicted molar refractivity (Wildman–Crippen MR) is 57.7 cm³/mol. The molecule has 1 fully saturated rings. The Bertz CT molecular complexity index is 124. The molecule has 0 radical (unpaired) electrons. The van der Waals surface area contributed by atoms with E-state index in [0.717, 1.165) is 18.5 Å². The maximum absolute atomic E-state index is 5.67. The van der Waals surface area contributed by atoms with Crippen molar-refractivity contribution in [3.63, 3.8) is 0 Å². The Kier molecular flexibility index (Phi) is 4.74. The third-order valence-electron chi connectivity index (χ3n) is 3.44. The van der Waals surface area contributed by atoms with Crippen LogP contribution in [0.4, 0.5) is 0 Å². The molecule has 1 heterocycles. The van der Waals surface area contributed by atoms with Gasteiger partial charge in [0.15, 0.2) is 0 Å². The lowest BCUT2D eigenvalue weighted by molar-refractivity contribution is 0.128. The minimum absolute atomic E-state index is 0.797. The zero-order valence-corrected chi connectivity index (χ0v) is 9.13. The van der Waals surface area contributed by atoms with Crippen LogP contribution in [0.3, 0.4) is 0 Å². The van der Waals surface area contributed by atoms with Crippen LogP contribution in [0.15, 0.2) is 0 Å². The molecule has 0 aromatic rings. The molecule has 0 spiro atoms. The van der Waals surface area contributed by atoms with Gasteiger partial charge in [0.1, 0.15) is 0 Å². The Morgan fingerprint density at radius 1 is 1.23 bits per heavy atom.